The van der Waals surface area contributed by atoms with Gasteiger partial charge in [0.15, 0.2) is 0 Å². The van der Waals surface area contributed by atoms with Crippen LogP contribution in [0.5, 0.6) is 0 Å². The fraction of sp³-hybridized carbons (Fsp3) is 0.455. The largest absolute Gasteiger partial charge is 0.478 e. The average molecular weight is 224 g/mol. The lowest BCUT2D eigenvalue weighted by atomic mass is 10.2. The molecular formula is C11H16N2O3. The third kappa shape index (κ3) is 3.86. The predicted octanol–water partition coefficient (Wildman–Crippen LogP) is 1.54. The van der Waals surface area contributed by atoms with Crippen LogP contribution >= 0.6 is 0 Å². The molecule has 5 nitrogen and oxygen atoms in total. The highest BCUT2D eigenvalue weighted by molar-refractivity contribution is 5.88. The zero-order chi connectivity index (χ0) is 12.0. The third-order valence-corrected chi connectivity index (χ3v) is 2.03. The molecule has 0 bridgehead atoms. The summed E-state index contributed by atoms with van der Waals surface area (Å²) in [6.45, 7) is 3.15. The first kappa shape index (κ1) is 12.4. The Labute approximate surface area is 94.5 Å². The Kier molecular flexibility index (Phi) is 4.72. The summed E-state index contributed by atoms with van der Waals surface area (Å²) in [4.78, 5) is 15.0. The first-order chi connectivity index (χ1) is 7.63. The van der Waals surface area contributed by atoms with Crippen LogP contribution in [-0.4, -0.2) is 36.3 Å². The van der Waals surface area contributed by atoms with Crippen LogP contribution in [0.3, 0.4) is 0 Å². The van der Waals surface area contributed by atoms with Crippen molar-refractivity contribution in [3.63, 3.8) is 0 Å². The van der Waals surface area contributed by atoms with E-state index in [-0.39, 0.29) is 5.56 Å². The highest BCUT2D eigenvalue weighted by atomic mass is 16.5. The van der Waals surface area contributed by atoms with Crippen LogP contribution in [0, 0.1) is 6.92 Å². The minimum Gasteiger partial charge on any atom is -0.478 e. The maximum atomic E-state index is 10.8. The Morgan fingerprint density at radius 1 is 1.56 bits per heavy atom. The molecule has 0 amide bonds. The lowest BCUT2D eigenvalue weighted by molar-refractivity contribution is 0.0696. The molecular weight excluding hydrogens is 208 g/mol. The fourth-order valence-corrected chi connectivity index (χ4v) is 1.32. The maximum absolute atomic E-state index is 10.8. The summed E-state index contributed by atoms with van der Waals surface area (Å²) in [5.41, 5.74) is 0.941. The molecule has 0 radical (unpaired) electrons. The van der Waals surface area contributed by atoms with Gasteiger partial charge in [-0.3, -0.25) is 0 Å². The van der Waals surface area contributed by atoms with E-state index in [4.69, 9.17) is 9.84 Å². The monoisotopic (exact) mass is 224 g/mol. The lowest BCUT2D eigenvalue weighted by Crippen LogP contribution is -2.08. The molecule has 1 aromatic rings. The Bertz CT molecular complexity index is 366. The number of pyridine rings is 1. The molecule has 0 unspecified atom stereocenters. The van der Waals surface area contributed by atoms with Crippen molar-refractivity contribution in [2.45, 2.75) is 13.3 Å². The van der Waals surface area contributed by atoms with Gasteiger partial charge in [-0.25, -0.2) is 9.78 Å². The van der Waals surface area contributed by atoms with E-state index in [0.717, 1.165) is 6.42 Å². The van der Waals surface area contributed by atoms with Gasteiger partial charge in [0, 0.05) is 26.0 Å². The highest BCUT2D eigenvalue weighted by Gasteiger charge is 2.05. The number of hydrogen-bond donors (Lipinski definition) is 2. The van der Waals surface area contributed by atoms with Crippen molar-refractivity contribution >= 4 is 11.8 Å². The number of nitrogens with zero attached hydrogens (tertiary/aromatic N) is 1. The van der Waals surface area contributed by atoms with Crippen molar-refractivity contribution in [1.82, 2.24) is 4.98 Å². The molecule has 0 atom stereocenters. The van der Waals surface area contributed by atoms with E-state index in [1.165, 1.54) is 6.07 Å². The Morgan fingerprint density at radius 3 is 2.94 bits per heavy atom. The number of aryl methyl sites for hydroxylation is 1. The molecule has 0 aliphatic rings. The first-order valence-corrected chi connectivity index (χ1v) is 5.08. The standard InChI is InChI=1S/C11H16N2O3/c1-8-6-9(11(14)15)7-10(13-8)12-4-3-5-16-2/h6-7H,3-5H2,1-2H3,(H,12,13)(H,14,15). The second-order valence-corrected chi connectivity index (χ2v) is 3.46. The van der Waals surface area contributed by atoms with Gasteiger partial charge in [-0.2, -0.15) is 0 Å². The van der Waals surface area contributed by atoms with Crippen LogP contribution in [0.25, 0.3) is 0 Å². The minimum absolute atomic E-state index is 0.252. The van der Waals surface area contributed by atoms with E-state index < -0.39 is 5.97 Å². The zero-order valence-electron chi connectivity index (χ0n) is 9.49. The smallest absolute Gasteiger partial charge is 0.335 e. The normalized spacial score (nSPS) is 10.1. The van der Waals surface area contributed by atoms with Gasteiger partial charge in [0.1, 0.15) is 5.82 Å². The summed E-state index contributed by atoms with van der Waals surface area (Å²) in [5, 5.41) is 11.9. The molecule has 0 fully saturated rings. The zero-order valence-corrected chi connectivity index (χ0v) is 9.49. The Morgan fingerprint density at radius 2 is 2.31 bits per heavy atom. The van der Waals surface area contributed by atoms with E-state index in [9.17, 15) is 4.79 Å². The molecule has 1 heterocycles. The van der Waals surface area contributed by atoms with Crippen molar-refractivity contribution in [3.8, 4) is 0 Å². The van der Waals surface area contributed by atoms with Crippen molar-refractivity contribution < 1.29 is 14.6 Å². The molecule has 0 aliphatic heterocycles. The van der Waals surface area contributed by atoms with E-state index in [2.05, 4.69) is 10.3 Å². The predicted molar refractivity (Wildman–Crippen MR) is 60.9 cm³/mol. The van der Waals surface area contributed by atoms with E-state index >= 15 is 0 Å². The van der Waals surface area contributed by atoms with Crippen molar-refractivity contribution in [2.24, 2.45) is 0 Å². The molecule has 1 aromatic heterocycles. The topological polar surface area (TPSA) is 71.5 Å². The van der Waals surface area contributed by atoms with E-state index in [1.54, 1.807) is 20.1 Å². The molecule has 0 spiro atoms. The van der Waals surface area contributed by atoms with Gasteiger partial charge in [-0.05, 0) is 25.5 Å². The van der Waals surface area contributed by atoms with Crippen LogP contribution in [-0.2, 0) is 4.74 Å². The Balaban J connectivity index is 2.62. The maximum Gasteiger partial charge on any atom is 0.335 e. The molecule has 0 saturated heterocycles. The number of ether oxygens (including phenoxy) is 1. The summed E-state index contributed by atoms with van der Waals surface area (Å²) in [6.07, 6.45) is 0.856. The molecule has 16 heavy (non-hydrogen) atoms. The number of nitrogens with one attached hydrogen (secondary N) is 1. The second kappa shape index (κ2) is 6.07. The number of carbonyl (C=O) groups is 1. The summed E-state index contributed by atoms with van der Waals surface area (Å²) in [7, 11) is 1.65. The van der Waals surface area contributed by atoms with Gasteiger partial charge in [-0.1, -0.05) is 0 Å². The molecule has 5 heteroatoms. The van der Waals surface area contributed by atoms with Gasteiger partial charge in [-0.15, -0.1) is 0 Å². The minimum atomic E-state index is -0.939. The van der Waals surface area contributed by atoms with E-state index in [1.807, 2.05) is 0 Å². The number of carboxylic acids is 1. The molecule has 2 N–H and O–H groups in total. The van der Waals surface area contributed by atoms with Crippen molar-refractivity contribution in [3.05, 3.63) is 23.4 Å². The summed E-state index contributed by atoms with van der Waals surface area (Å²) in [5.74, 6) is -0.348. The average Bonchev–Trinajstić information content (AvgIpc) is 2.23. The first-order valence-electron chi connectivity index (χ1n) is 5.08. The lowest BCUT2D eigenvalue weighted by Gasteiger charge is -2.07. The van der Waals surface area contributed by atoms with Gasteiger partial charge < -0.3 is 15.2 Å². The van der Waals surface area contributed by atoms with E-state index in [0.29, 0.717) is 24.7 Å². The van der Waals surface area contributed by atoms with Gasteiger partial charge in [0.2, 0.25) is 0 Å². The van der Waals surface area contributed by atoms with Crippen LogP contribution in [0.4, 0.5) is 5.82 Å². The third-order valence-electron chi connectivity index (χ3n) is 2.03. The number of rotatable bonds is 6. The van der Waals surface area contributed by atoms with Gasteiger partial charge >= 0.3 is 5.97 Å². The second-order valence-electron chi connectivity index (χ2n) is 3.46. The quantitative estimate of drug-likeness (QED) is 0.717. The number of anilines is 1. The van der Waals surface area contributed by atoms with Crippen molar-refractivity contribution in [1.29, 1.82) is 0 Å². The molecule has 0 aromatic carbocycles. The molecule has 0 saturated carbocycles. The summed E-state index contributed by atoms with van der Waals surface area (Å²) < 4.78 is 4.91. The van der Waals surface area contributed by atoms with Crippen LogP contribution in [0.1, 0.15) is 22.5 Å². The fourth-order valence-electron chi connectivity index (χ4n) is 1.32. The number of hydrogen-bond acceptors (Lipinski definition) is 4. The number of carboxylic acid groups (broad SMARTS) is 1. The van der Waals surface area contributed by atoms with Crippen LogP contribution in [0.2, 0.25) is 0 Å². The number of methoxy groups -OCH3 is 1. The SMILES string of the molecule is COCCCNc1cc(C(=O)O)cc(C)n1. The van der Waals surface area contributed by atoms with Gasteiger partial charge in [0.25, 0.3) is 0 Å². The highest BCUT2D eigenvalue weighted by Crippen LogP contribution is 2.10. The Hall–Kier alpha value is -1.62. The van der Waals surface area contributed by atoms with Crippen LogP contribution < -0.4 is 5.32 Å². The van der Waals surface area contributed by atoms with Gasteiger partial charge in [0.05, 0.1) is 5.56 Å². The van der Waals surface area contributed by atoms with Crippen molar-refractivity contribution in [2.75, 3.05) is 25.6 Å². The summed E-state index contributed by atoms with van der Waals surface area (Å²) in [6, 6.07) is 3.07. The van der Waals surface area contributed by atoms with Crippen LogP contribution in [0.15, 0.2) is 12.1 Å². The molecule has 1 rings (SSSR count). The molecule has 88 valence electrons. The molecule has 0 aliphatic carbocycles. The number of aromatic nitrogens is 1. The number of aromatic carboxylic acids is 1. The summed E-state index contributed by atoms with van der Waals surface area (Å²) >= 11 is 0.